The molecular formula is C17H20ClNO3S. The molecule has 0 aromatic heterocycles. The van der Waals surface area contributed by atoms with Crippen LogP contribution in [0.25, 0.3) is 0 Å². The van der Waals surface area contributed by atoms with Crippen LogP contribution in [0.15, 0.2) is 35.9 Å². The van der Waals surface area contributed by atoms with Crippen LogP contribution in [0, 0.1) is 5.92 Å². The van der Waals surface area contributed by atoms with E-state index in [0.29, 0.717) is 17.3 Å². The molecule has 0 radical (unpaired) electrons. The Morgan fingerprint density at radius 3 is 2.57 bits per heavy atom. The van der Waals surface area contributed by atoms with Crippen LogP contribution in [0.4, 0.5) is 0 Å². The number of rotatable bonds is 6. The molecule has 1 aromatic rings. The van der Waals surface area contributed by atoms with Gasteiger partial charge < -0.3 is 10.0 Å². The second kappa shape index (κ2) is 7.88. The summed E-state index contributed by atoms with van der Waals surface area (Å²) in [6.07, 6.45) is 3.21. The molecule has 0 saturated carbocycles. The summed E-state index contributed by atoms with van der Waals surface area (Å²) in [6, 6.07) is 6.72. The Balaban J connectivity index is 2.03. The lowest BCUT2D eigenvalue weighted by Gasteiger charge is -2.24. The van der Waals surface area contributed by atoms with Crippen molar-refractivity contribution < 1.29 is 14.7 Å². The highest BCUT2D eigenvalue weighted by atomic mass is 35.5. The van der Waals surface area contributed by atoms with Gasteiger partial charge in [0.05, 0.1) is 0 Å². The summed E-state index contributed by atoms with van der Waals surface area (Å²) in [7, 11) is 0. The lowest BCUT2D eigenvalue weighted by molar-refractivity contribution is -0.148. The first-order valence-electron chi connectivity index (χ1n) is 7.50. The SMILES string of the molecule is C[C@H](CS)C(=O)N1CC(CCc2ccc(Cl)cc2)=CC1C(=O)O. The van der Waals surface area contributed by atoms with Crippen molar-refractivity contribution in [3.63, 3.8) is 0 Å². The lowest BCUT2D eigenvalue weighted by Crippen LogP contribution is -2.43. The molecule has 6 heteroatoms. The average Bonchev–Trinajstić information content (AvgIpc) is 2.97. The third-order valence-corrected chi connectivity index (χ3v) is 4.78. The van der Waals surface area contributed by atoms with E-state index in [0.717, 1.165) is 24.0 Å². The Kier molecular flexibility index (Phi) is 6.13. The molecule has 0 aliphatic carbocycles. The summed E-state index contributed by atoms with van der Waals surface area (Å²) in [5.74, 6) is -1.04. The molecule has 1 aliphatic rings. The van der Waals surface area contributed by atoms with Crippen molar-refractivity contribution >= 4 is 36.1 Å². The van der Waals surface area contributed by atoms with Gasteiger partial charge in [-0.1, -0.05) is 36.2 Å². The number of carboxylic acid groups (broad SMARTS) is 1. The van der Waals surface area contributed by atoms with E-state index >= 15 is 0 Å². The maximum Gasteiger partial charge on any atom is 0.330 e. The highest BCUT2D eigenvalue weighted by Gasteiger charge is 2.35. The number of amides is 1. The summed E-state index contributed by atoms with van der Waals surface area (Å²) in [6.45, 7) is 2.14. The molecule has 1 aliphatic heterocycles. The summed E-state index contributed by atoms with van der Waals surface area (Å²) in [4.78, 5) is 25.2. The fraction of sp³-hybridized carbons (Fsp3) is 0.412. The number of halogens is 1. The summed E-state index contributed by atoms with van der Waals surface area (Å²) in [5, 5.41) is 10.0. The van der Waals surface area contributed by atoms with Gasteiger partial charge in [-0.3, -0.25) is 4.79 Å². The molecule has 0 saturated heterocycles. The predicted octanol–water partition coefficient (Wildman–Crippen LogP) is 3.06. The highest BCUT2D eigenvalue weighted by Crippen LogP contribution is 2.23. The number of aryl methyl sites for hydroxylation is 1. The van der Waals surface area contributed by atoms with E-state index in [2.05, 4.69) is 12.6 Å². The maximum atomic E-state index is 12.3. The molecule has 1 aromatic carbocycles. The van der Waals surface area contributed by atoms with Gasteiger partial charge in [0.25, 0.3) is 0 Å². The van der Waals surface area contributed by atoms with Gasteiger partial charge in [0.15, 0.2) is 0 Å². The molecule has 0 fully saturated rings. The molecule has 23 heavy (non-hydrogen) atoms. The van der Waals surface area contributed by atoms with Crippen LogP contribution in [-0.2, 0) is 16.0 Å². The minimum absolute atomic E-state index is 0.162. The molecule has 0 spiro atoms. The average molecular weight is 354 g/mol. The number of thiol groups is 1. The monoisotopic (exact) mass is 353 g/mol. The molecular weight excluding hydrogens is 334 g/mol. The molecule has 1 amide bonds. The van der Waals surface area contributed by atoms with E-state index in [1.165, 1.54) is 4.90 Å². The third kappa shape index (κ3) is 4.52. The predicted molar refractivity (Wildman–Crippen MR) is 94.0 cm³/mol. The Hall–Kier alpha value is -1.46. The Labute approximate surface area is 146 Å². The molecule has 0 bridgehead atoms. The number of nitrogens with zero attached hydrogens (tertiary/aromatic N) is 1. The zero-order chi connectivity index (χ0) is 17.0. The Morgan fingerprint density at radius 2 is 2.00 bits per heavy atom. The van der Waals surface area contributed by atoms with E-state index in [4.69, 9.17) is 11.6 Å². The van der Waals surface area contributed by atoms with E-state index in [9.17, 15) is 14.7 Å². The van der Waals surface area contributed by atoms with Crippen molar-refractivity contribution in [3.05, 3.63) is 46.5 Å². The second-order valence-electron chi connectivity index (χ2n) is 5.78. The topological polar surface area (TPSA) is 57.6 Å². The van der Waals surface area contributed by atoms with Crippen LogP contribution in [0.5, 0.6) is 0 Å². The summed E-state index contributed by atoms with van der Waals surface area (Å²) >= 11 is 9.99. The largest absolute Gasteiger partial charge is 0.479 e. The fourth-order valence-corrected chi connectivity index (χ4v) is 2.86. The first kappa shape index (κ1) is 17.9. The number of hydrogen-bond acceptors (Lipinski definition) is 3. The minimum atomic E-state index is -0.994. The summed E-state index contributed by atoms with van der Waals surface area (Å²) in [5.41, 5.74) is 2.11. The number of carboxylic acids is 1. The lowest BCUT2D eigenvalue weighted by atomic mass is 10.0. The molecule has 1 N–H and O–H groups in total. The quantitative estimate of drug-likeness (QED) is 0.610. The third-order valence-electron chi connectivity index (χ3n) is 3.98. The maximum absolute atomic E-state index is 12.3. The van der Waals surface area contributed by atoms with Crippen molar-refractivity contribution in [3.8, 4) is 0 Å². The van der Waals surface area contributed by atoms with Crippen molar-refractivity contribution in [2.75, 3.05) is 12.3 Å². The van der Waals surface area contributed by atoms with Crippen LogP contribution in [0.3, 0.4) is 0 Å². The normalized spacial score (nSPS) is 18.7. The standard InChI is InChI=1S/C17H20ClNO3S/c1-11(10-23)16(20)19-9-13(8-15(19)17(21)22)3-2-12-4-6-14(18)7-5-12/h4-8,11,15,23H,2-3,9-10H2,1H3,(H,21,22)/t11-,15?/m1/s1. The summed E-state index contributed by atoms with van der Waals surface area (Å²) < 4.78 is 0. The molecule has 4 nitrogen and oxygen atoms in total. The van der Waals surface area contributed by atoms with Gasteiger partial charge in [-0.25, -0.2) is 4.79 Å². The van der Waals surface area contributed by atoms with Crippen LogP contribution in [-0.4, -0.2) is 40.2 Å². The number of carbonyl (C=O) groups excluding carboxylic acids is 1. The van der Waals surface area contributed by atoms with E-state index in [1.807, 2.05) is 24.3 Å². The van der Waals surface area contributed by atoms with Crippen LogP contribution in [0.1, 0.15) is 18.9 Å². The van der Waals surface area contributed by atoms with Gasteiger partial charge in [0, 0.05) is 23.2 Å². The van der Waals surface area contributed by atoms with Crippen LogP contribution >= 0.6 is 24.2 Å². The Morgan fingerprint density at radius 1 is 1.35 bits per heavy atom. The first-order chi connectivity index (χ1) is 10.9. The second-order valence-corrected chi connectivity index (χ2v) is 6.59. The Bertz CT molecular complexity index is 615. The van der Waals surface area contributed by atoms with Crippen LogP contribution in [0.2, 0.25) is 5.02 Å². The zero-order valence-corrected chi connectivity index (χ0v) is 14.6. The van der Waals surface area contributed by atoms with Gasteiger partial charge in [-0.15, -0.1) is 0 Å². The van der Waals surface area contributed by atoms with Crippen LogP contribution < -0.4 is 0 Å². The van der Waals surface area contributed by atoms with Crippen molar-refractivity contribution in [1.82, 2.24) is 4.90 Å². The first-order valence-corrected chi connectivity index (χ1v) is 8.51. The molecule has 2 atom stereocenters. The van der Waals surface area contributed by atoms with Crippen molar-refractivity contribution in [1.29, 1.82) is 0 Å². The number of carbonyl (C=O) groups is 2. The van der Waals surface area contributed by atoms with Gasteiger partial charge >= 0.3 is 5.97 Å². The number of hydrogen-bond donors (Lipinski definition) is 2. The number of aliphatic carboxylic acids is 1. The van der Waals surface area contributed by atoms with Gasteiger partial charge in [0.2, 0.25) is 5.91 Å². The molecule has 124 valence electrons. The van der Waals surface area contributed by atoms with Gasteiger partial charge in [-0.2, -0.15) is 12.6 Å². The van der Waals surface area contributed by atoms with Crippen molar-refractivity contribution in [2.45, 2.75) is 25.8 Å². The van der Waals surface area contributed by atoms with E-state index in [1.54, 1.807) is 13.0 Å². The zero-order valence-electron chi connectivity index (χ0n) is 12.9. The minimum Gasteiger partial charge on any atom is -0.479 e. The molecule has 1 unspecified atom stereocenters. The van der Waals surface area contributed by atoms with E-state index < -0.39 is 12.0 Å². The van der Waals surface area contributed by atoms with Gasteiger partial charge in [0.1, 0.15) is 6.04 Å². The van der Waals surface area contributed by atoms with Crippen molar-refractivity contribution in [2.24, 2.45) is 5.92 Å². The smallest absolute Gasteiger partial charge is 0.330 e. The van der Waals surface area contributed by atoms with E-state index in [-0.39, 0.29) is 11.8 Å². The number of benzene rings is 1. The molecule has 2 rings (SSSR count). The highest BCUT2D eigenvalue weighted by molar-refractivity contribution is 7.80. The van der Waals surface area contributed by atoms with Gasteiger partial charge in [-0.05, 0) is 36.6 Å². The molecule has 1 heterocycles. The fourth-order valence-electron chi connectivity index (χ4n) is 2.58.